The molecule has 0 aliphatic carbocycles. The van der Waals surface area contributed by atoms with Crippen LogP contribution in [0.1, 0.15) is 27.1 Å². The molecule has 0 aliphatic heterocycles. The van der Waals surface area contributed by atoms with Crippen LogP contribution < -0.4 is 10.1 Å². The minimum Gasteiger partial charge on any atom is -0.493 e. The highest BCUT2D eigenvalue weighted by Gasteiger charge is 2.16. The number of hydrogen-bond acceptors (Lipinski definition) is 4. The zero-order valence-corrected chi connectivity index (χ0v) is 10.2. The quantitative estimate of drug-likeness (QED) is 0.695. The summed E-state index contributed by atoms with van der Waals surface area (Å²) in [5.41, 5.74) is -0.670. The van der Waals surface area contributed by atoms with Gasteiger partial charge in [0, 0.05) is 7.05 Å². The van der Waals surface area contributed by atoms with Crippen molar-refractivity contribution in [3.8, 4) is 5.75 Å². The fourth-order valence-electron chi connectivity index (χ4n) is 1.36. The fourth-order valence-corrected chi connectivity index (χ4v) is 1.36. The molecule has 1 aromatic rings. The number of amides is 1. The molecule has 0 atom stereocenters. The SMILES string of the molecule is CNC(=O)CCOc1ccc(C(=O)O)c(C(=O)O)c1. The van der Waals surface area contributed by atoms with E-state index in [0.717, 1.165) is 12.1 Å². The van der Waals surface area contributed by atoms with Gasteiger partial charge in [0.1, 0.15) is 5.75 Å². The predicted octanol–water partition coefficient (Wildman–Crippen LogP) is 0.598. The number of benzene rings is 1. The molecule has 1 aromatic carbocycles. The average Bonchev–Trinajstić information content (AvgIpc) is 2.38. The van der Waals surface area contributed by atoms with Crippen LogP contribution in [0, 0.1) is 0 Å². The highest BCUT2D eigenvalue weighted by Crippen LogP contribution is 2.18. The van der Waals surface area contributed by atoms with Crippen molar-refractivity contribution >= 4 is 17.8 Å². The summed E-state index contributed by atoms with van der Waals surface area (Å²) in [5.74, 6) is -2.68. The minimum atomic E-state index is -1.35. The molecule has 0 heterocycles. The van der Waals surface area contributed by atoms with Gasteiger partial charge in [-0.15, -0.1) is 0 Å². The second kappa shape index (κ2) is 6.39. The lowest BCUT2D eigenvalue weighted by Crippen LogP contribution is -2.20. The summed E-state index contributed by atoms with van der Waals surface area (Å²) < 4.78 is 5.19. The first-order chi connectivity index (χ1) is 8.95. The standard InChI is InChI=1S/C12H13NO6/c1-13-10(14)4-5-19-7-2-3-8(11(15)16)9(6-7)12(17)18/h2-3,6H,4-5H2,1H3,(H,13,14)(H,15,16)(H,17,18). The van der Waals surface area contributed by atoms with Gasteiger partial charge in [-0.3, -0.25) is 4.79 Å². The van der Waals surface area contributed by atoms with Gasteiger partial charge in [-0.2, -0.15) is 0 Å². The normalized spacial score (nSPS) is 9.74. The molecule has 0 radical (unpaired) electrons. The Kier molecular flexibility index (Phi) is 4.87. The van der Waals surface area contributed by atoms with Crippen LogP contribution in [0.2, 0.25) is 0 Å². The van der Waals surface area contributed by atoms with Gasteiger partial charge in [-0.05, 0) is 18.2 Å². The molecular weight excluding hydrogens is 254 g/mol. The smallest absolute Gasteiger partial charge is 0.336 e. The van der Waals surface area contributed by atoms with E-state index < -0.39 is 11.9 Å². The monoisotopic (exact) mass is 267 g/mol. The Morgan fingerprint density at radius 3 is 2.32 bits per heavy atom. The van der Waals surface area contributed by atoms with Gasteiger partial charge in [-0.25, -0.2) is 9.59 Å². The fraction of sp³-hybridized carbons (Fsp3) is 0.250. The Balaban J connectivity index is 2.81. The molecule has 1 amide bonds. The van der Waals surface area contributed by atoms with E-state index in [-0.39, 0.29) is 35.8 Å². The number of aromatic carboxylic acids is 2. The van der Waals surface area contributed by atoms with Crippen LogP contribution in [0.25, 0.3) is 0 Å². The molecule has 0 aliphatic rings. The lowest BCUT2D eigenvalue weighted by Gasteiger charge is -2.08. The molecule has 7 nitrogen and oxygen atoms in total. The maximum Gasteiger partial charge on any atom is 0.336 e. The van der Waals surface area contributed by atoms with E-state index in [1.807, 2.05) is 0 Å². The van der Waals surface area contributed by atoms with Crippen LogP contribution in [0.3, 0.4) is 0 Å². The second-order valence-electron chi connectivity index (χ2n) is 3.59. The van der Waals surface area contributed by atoms with Crippen LogP contribution in [0.5, 0.6) is 5.75 Å². The van der Waals surface area contributed by atoms with Gasteiger partial charge < -0.3 is 20.3 Å². The summed E-state index contributed by atoms with van der Waals surface area (Å²) in [6.45, 7) is 0.0746. The second-order valence-corrected chi connectivity index (χ2v) is 3.59. The zero-order valence-electron chi connectivity index (χ0n) is 10.2. The van der Waals surface area contributed by atoms with E-state index in [2.05, 4.69) is 5.32 Å². The first kappa shape index (κ1) is 14.5. The topological polar surface area (TPSA) is 113 Å². The molecular formula is C12H13NO6. The number of carboxylic acid groups (broad SMARTS) is 2. The summed E-state index contributed by atoms with van der Waals surface area (Å²) in [4.78, 5) is 32.7. The van der Waals surface area contributed by atoms with Gasteiger partial charge >= 0.3 is 11.9 Å². The van der Waals surface area contributed by atoms with Crippen LogP contribution in [0.4, 0.5) is 0 Å². The van der Waals surface area contributed by atoms with Crippen molar-refractivity contribution in [1.29, 1.82) is 0 Å². The van der Waals surface area contributed by atoms with E-state index in [0.29, 0.717) is 0 Å². The number of carbonyl (C=O) groups is 3. The van der Waals surface area contributed by atoms with Crippen LogP contribution in [0.15, 0.2) is 18.2 Å². The number of hydrogen-bond donors (Lipinski definition) is 3. The van der Waals surface area contributed by atoms with Crippen molar-refractivity contribution in [2.45, 2.75) is 6.42 Å². The van der Waals surface area contributed by atoms with Gasteiger partial charge in [0.05, 0.1) is 24.2 Å². The summed E-state index contributed by atoms with van der Waals surface area (Å²) in [5, 5.41) is 20.2. The Morgan fingerprint density at radius 1 is 1.16 bits per heavy atom. The Morgan fingerprint density at radius 2 is 1.79 bits per heavy atom. The van der Waals surface area contributed by atoms with Crippen molar-refractivity contribution < 1.29 is 29.3 Å². The minimum absolute atomic E-state index is 0.0746. The predicted molar refractivity (Wildman–Crippen MR) is 64.5 cm³/mol. The molecule has 0 spiro atoms. The van der Waals surface area contributed by atoms with E-state index in [9.17, 15) is 14.4 Å². The maximum absolute atomic E-state index is 11.0. The third kappa shape index (κ3) is 3.98. The number of ether oxygens (including phenoxy) is 1. The van der Waals surface area contributed by atoms with E-state index in [1.54, 1.807) is 0 Å². The molecule has 0 saturated carbocycles. The third-order valence-corrected chi connectivity index (χ3v) is 2.33. The van der Waals surface area contributed by atoms with Crippen LogP contribution >= 0.6 is 0 Å². The lowest BCUT2D eigenvalue weighted by molar-refractivity contribution is -0.121. The molecule has 0 aromatic heterocycles. The van der Waals surface area contributed by atoms with Crippen molar-refractivity contribution in [2.75, 3.05) is 13.7 Å². The number of rotatable bonds is 6. The van der Waals surface area contributed by atoms with Crippen LogP contribution in [-0.4, -0.2) is 41.7 Å². The van der Waals surface area contributed by atoms with Crippen molar-refractivity contribution in [2.24, 2.45) is 0 Å². The lowest BCUT2D eigenvalue weighted by atomic mass is 10.1. The molecule has 7 heteroatoms. The summed E-state index contributed by atoms with van der Waals surface area (Å²) in [6.07, 6.45) is 0.125. The van der Waals surface area contributed by atoms with Gasteiger partial charge in [0.15, 0.2) is 0 Å². The number of carboxylic acids is 2. The molecule has 102 valence electrons. The molecule has 0 fully saturated rings. The molecule has 3 N–H and O–H groups in total. The molecule has 0 bridgehead atoms. The van der Waals surface area contributed by atoms with E-state index >= 15 is 0 Å². The summed E-state index contributed by atoms with van der Waals surface area (Å²) in [6, 6.07) is 3.62. The van der Waals surface area contributed by atoms with Gasteiger partial charge in [0.2, 0.25) is 5.91 Å². The van der Waals surface area contributed by atoms with Crippen LogP contribution in [-0.2, 0) is 4.79 Å². The van der Waals surface area contributed by atoms with Crippen molar-refractivity contribution in [1.82, 2.24) is 5.32 Å². The highest BCUT2D eigenvalue weighted by atomic mass is 16.5. The van der Waals surface area contributed by atoms with Gasteiger partial charge in [-0.1, -0.05) is 0 Å². The molecule has 1 rings (SSSR count). The number of carbonyl (C=O) groups excluding carboxylic acids is 1. The largest absolute Gasteiger partial charge is 0.493 e. The molecule has 19 heavy (non-hydrogen) atoms. The maximum atomic E-state index is 11.0. The zero-order chi connectivity index (χ0) is 14.4. The van der Waals surface area contributed by atoms with Crippen molar-refractivity contribution in [3.63, 3.8) is 0 Å². The average molecular weight is 267 g/mol. The first-order valence-electron chi connectivity index (χ1n) is 5.39. The Hall–Kier alpha value is -2.57. The highest BCUT2D eigenvalue weighted by molar-refractivity contribution is 6.01. The van der Waals surface area contributed by atoms with Crippen molar-refractivity contribution in [3.05, 3.63) is 29.3 Å². The molecule has 0 unspecified atom stereocenters. The Labute approximate surface area is 108 Å². The summed E-state index contributed by atoms with van der Waals surface area (Å²) >= 11 is 0. The van der Waals surface area contributed by atoms with E-state index in [4.69, 9.17) is 14.9 Å². The molecule has 0 saturated heterocycles. The van der Waals surface area contributed by atoms with Gasteiger partial charge in [0.25, 0.3) is 0 Å². The number of nitrogens with one attached hydrogen (secondary N) is 1. The summed E-state index contributed by atoms with van der Waals surface area (Å²) in [7, 11) is 1.49. The Bertz CT molecular complexity index is 511. The third-order valence-electron chi connectivity index (χ3n) is 2.33. The van der Waals surface area contributed by atoms with E-state index in [1.165, 1.54) is 13.1 Å². The first-order valence-corrected chi connectivity index (χ1v) is 5.39.